The molecule has 1 aliphatic heterocycles. The second-order valence-electron chi connectivity index (χ2n) is 8.49. The van der Waals surface area contributed by atoms with E-state index in [-0.39, 0.29) is 27.7 Å². The Balaban J connectivity index is 1.30. The van der Waals surface area contributed by atoms with Crippen LogP contribution in [0.25, 0.3) is 0 Å². The molecule has 1 fully saturated rings. The van der Waals surface area contributed by atoms with E-state index < -0.39 is 9.84 Å². The van der Waals surface area contributed by atoms with Gasteiger partial charge in [-0.1, -0.05) is 78.9 Å². The highest BCUT2D eigenvalue weighted by molar-refractivity contribution is 7.91. The maximum absolute atomic E-state index is 13.1. The first kappa shape index (κ1) is 23.1. The van der Waals surface area contributed by atoms with E-state index in [1.165, 1.54) is 35.4 Å². The zero-order valence-electron chi connectivity index (χ0n) is 19.2. The van der Waals surface area contributed by atoms with Crippen LogP contribution in [-0.2, 0) is 9.84 Å². The van der Waals surface area contributed by atoms with Crippen molar-refractivity contribution in [2.45, 2.75) is 16.0 Å². The summed E-state index contributed by atoms with van der Waals surface area (Å²) in [5.74, 6) is -0.259. The molecule has 0 atom stereocenters. The number of hydrogen-bond acceptors (Lipinski definition) is 5. The molecule has 1 aromatic heterocycles. The zero-order chi connectivity index (χ0) is 24.3. The number of furan rings is 1. The second kappa shape index (κ2) is 9.90. The molecule has 0 radical (unpaired) electrons. The number of nitrogens with zero attached hydrogens (tertiary/aromatic N) is 2. The first-order valence-corrected chi connectivity index (χ1v) is 13.1. The van der Waals surface area contributed by atoms with Gasteiger partial charge in [-0.2, -0.15) is 0 Å². The topological polar surface area (TPSA) is 70.8 Å². The third-order valence-corrected chi connectivity index (χ3v) is 7.95. The molecule has 1 saturated heterocycles. The van der Waals surface area contributed by atoms with Gasteiger partial charge in [-0.25, -0.2) is 8.42 Å². The molecule has 6 nitrogen and oxygen atoms in total. The van der Waals surface area contributed by atoms with Crippen molar-refractivity contribution in [3.05, 3.63) is 120 Å². The van der Waals surface area contributed by atoms with E-state index in [1.807, 2.05) is 36.4 Å². The van der Waals surface area contributed by atoms with Crippen molar-refractivity contribution >= 4 is 15.7 Å². The summed E-state index contributed by atoms with van der Waals surface area (Å²) in [5, 5.41) is -0.223. The van der Waals surface area contributed by atoms with Gasteiger partial charge in [-0.15, -0.1) is 0 Å². The highest BCUT2D eigenvalue weighted by Gasteiger charge is 2.30. The molecule has 3 aromatic carbocycles. The highest BCUT2D eigenvalue weighted by Crippen LogP contribution is 2.30. The SMILES string of the molecule is O=C(c1ccc(S(=O)(=O)c2ccccc2)o1)N1CCN(C(c2ccccc2)c2ccccc2)CC1. The molecule has 1 amide bonds. The fourth-order valence-electron chi connectivity index (χ4n) is 4.52. The first-order chi connectivity index (χ1) is 17.0. The smallest absolute Gasteiger partial charge is 0.289 e. The van der Waals surface area contributed by atoms with Gasteiger partial charge in [0.05, 0.1) is 10.9 Å². The lowest BCUT2D eigenvalue weighted by Gasteiger charge is -2.39. The minimum Gasteiger partial charge on any atom is -0.439 e. The molecule has 0 saturated carbocycles. The molecule has 0 unspecified atom stereocenters. The van der Waals surface area contributed by atoms with Gasteiger partial charge in [0.25, 0.3) is 5.91 Å². The predicted octanol–water partition coefficient (Wildman–Crippen LogP) is 4.66. The van der Waals surface area contributed by atoms with Crippen molar-refractivity contribution in [1.29, 1.82) is 0 Å². The van der Waals surface area contributed by atoms with Gasteiger partial charge >= 0.3 is 0 Å². The number of carbonyl (C=O) groups excluding carboxylic acids is 1. The summed E-state index contributed by atoms with van der Waals surface area (Å²) in [6.07, 6.45) is 0. The normalized spacial score (nSPS) is 14.8. The van der Waals surface area contributed by atoms with Crippen molar-refractivity contribution in [3.8, 4) is 0 Å². The summed E-state index contributed by atoms with van der Waals surface area (Å²) < 4.78 is 31.2. The van der Waals surface area contributed by atoms with Crippen molar-refractivity contribution in [2.24, 2.45) is 0 Å². The molecular formula is C28H26N2O4S. The van der Waals surface area contributed by atoms with Crippen LogP contribution in [0, 0.1) is 0 Å². The van der Waals surface area contributed by atoms with E-state index in [2.05, 4.69) is 29.2 Å². The fourth-order valence-corrected chi connectivity index (χ4v) is 5.71. The third kappa shape index (κ3) is 4.78. The summed E-state index contributed by atoms with van der Waals surface area (Å²) in [7, 11) is -3.81. The fraction of sp³-hybridized carbons (Fsp3) is 0.179. The van der Waals surface area contributed by atoms with Gasteiger partial charge in [-0.05, 0) is 35.4 Å². The lowest BCUT2D eigenvalue weighted by Crippen LogP contribution is -2.49. The van der Waals surface area contributed by atoms with Crippen LogP contribution >= 0.6 is 0 Å². The molecule has 2 heterocycles. The van der Waals surface area contributed by atoms with Gasteiger partial charge in [0.2, 0.25) is 14.9 Å². The Morgan fingerprint density at radius 2 is 1.20 bits per heavy atom. The highest BCUT2D eigenvalue weighted by atomic mass is 32.2. The van der Waals surface area contributed by atoms with Gasteiger partial charge in [-0.3, -0.25) is 9.69 Å². The predicted molar refractivity (Wildman–Crippen MR) is 133 cm³/mol. The van der Waals surface area contributed by atoms with Crippen molar-refractivity contribution < 1.29 is 17.6 Å². The van der Waals surface area contributed by atoms with Crippen molar-refractivity contribution in [1.82, 2.24) is 9.80 Å². The Morgan fingerprint density at radius 1 is 0.686 bits per heavy atom. The van der Waals surface area contributed by atoms with Gasteiger partial charge in [0.15, 0.2) is 5.76 Å². The van der Waals surface area contributed by atoms with Crippen molar-refractivity contribution in [3.63, 3.8) is 0 Å². The standard InChI is InChI=1S/C28H26N2O4S/c31-28(25-16-17-26(34-25)35(32,33)24-14-8-3-9-15-24)30-20-18-29(19-21-30)27(22-10-4-1-5-11-22)23-12-6-2-7-13-23/h1-17,27H,18-21H2. The number of benzene rings is 3. The summed E-state index contributed by atoms with van der Waals surface area (Å²) >= 11 is 0. The number of sulfone groups is 1. The van der Waals surface area contributed by atoms with Crippen LogP contribution in [0.3, 0.4) is 0 Å². The van der Waals surface area contributed by atoms with E-state index in [0.29, 0.717) is 26.2 Å². The molecule has 35 heavy (non-hydrogen) atoms. The van der Waals surface area contributed by atoms with Crippen LogP contribution in [0.5, 0.6) is 0 Å². The van der Waals surface area contributed by atoms with Crippen LogP contribution in [-0.4, -0.2) is 50.3 Å². The molecule has 0 bridgehead atoms. The number of carbonyl (C=O) groups is 1. The molecular weight excluding hydrogens is 460 g/mol. The van der Waals surface area contributed by atoms with Gasteiger partial charge in [0, 0.05) is 26.2 Å². The molecule has 5 rings (SSSR count). The lowest BCUT2D eigenvalue weighted by molar-refractivity contribution is 0.0562. The lowest BCUT2D eigenvalue weighted by atomic mass is 9.96. The third-order valence-electron chi connectivity index (χ3n) is 6.31. The van der Waals surface area contributed by atoms with E-state index in [0.717, 1.165) is 0 Å². The molecule has 0 N–H and O–H groups in total. The molecule has 0 aliphatic carbocycles. The van der Waals surface area contributed by atoms with Gasteiger partial charge in [0.1, 0.15) is 0 Å². The Bertz CT molecular complexity index is 1340. The summed E-state index contributed by atoms with van der Waals surface area (Å²) in [4.78, 5) is 17.3. The largest absolute Gasteiger partial charge is 0.439 e. The Labute approximate surface area is 205 Å². The van der Waals surface area contributed by atoms with E-state index in [4.69, 9.17) is 4.42 Å². The minimum atomic E-state index is -3.81. The van der Waals surface area contributed by atoms with Crippen LogP contribution < -0.4 is 0 Å². The van der Waals surface area contributed by atoms with Crippen LogP contribution in [0.15, 0.2) is 118 Å². The number of hydrogen-bond donors (Lipinski definition) is 0. The van der Waals surface area contributed by atoms with E-state index in [1.54, 1.807) is 23.1 Å². The van der Waals surface area contributed by atoms with Gasteiger partial charge < -0.3 is 9.32 Å². The minimum absolute atomic E-state index is 0.0376. The molecule has 0 spiro atoms. The van der Waals surface area contributed by atoms with Crippen LogP contribution in [0.1, 0.15) is 27.7 Å². The Hall–Kier alpha value is -3.68. The summed E-state index contributed by atoms with van der Waals surface area (Å²) in [6, 6.07) is 31.7. The second-order valence-corrected chi connectivity index (χ2v) is 10.4. The molecule has 7 heteroatoms. The van der Waals surface area contributed by atoms with Crippen molar-refractivity contribution in [2.75, 3.05) is 26.2 Å². The zero-order valence-corrected chi connectivity index (χ0v) is 20.0. The monoisotopic (exact) mass is 486 g/mol. The number of rotatable bonds is 6. The maximum atomic E-state index is 13.1. The van der Waals surface area contributed by atoms with E-state index >= 15 is 0 Å². The molecule has 4 aromatic rings. The maximum Gasteiger partial charge on any atom is 0.289 e. The number of piperazine rings is 1. The van der Waals surface area contributed by atoms with Crippen LogP contribution in [0.4, 0.5) is 0 Å². The molecule has 1 aliphatic rings. The Morgan fingerprint density at radius 3 is 1.74 bits per heavy atom. The summed E-state index contributed by atoms with van der Waals surface area (Å²) in [5.41, 5.74) is 2.42. The average molecular weight is 487 g/mol. The van der Waals surface area contributed by atoms with Crippen LogP contribution in [0.2, 0.25) is 0 Å². The number of amides is 1. The first-order valence-electron chi connectivity index (χ1n) is 11.6. The average Bonchev–Trinajstić information content (AvgIpc) is 3.42. The molecule has 178 valence electrons. The Kier molecular flexibility index (Phi) is 6.53. The summed E-state index contributed by atoms with van der Waals surface area (Å²) in [6.45, 7) is 2.43. The quantitative estimate of drug-likeness (QED) is 0.396. The van der Waals surface area contributed by atoms with E-state index in [9.17, 15) is 13.2 Å².